The molecule has 4 aromatic rings. The third-order valence-corrected chi connectivity index (χ3v) is 5.65. The monoisotopic (exact) mass is 393 g/mol. The minimum absolute atomic E-state index is 0.592. The highest BCUT2D eigenvalue weighted by atomic mass is 35.5. The number of benzene rings is 1. The van der Waals surface area contributed by atoms with Gasteiger partial charge in [-0.05, 0) is 12.1 Å². The average molecular weight is 394 g/mol. The second-order valence-electron chi connectivity index (χ2n) is 7.10. The third-order valence-electron chi connectivity index (χ3n) is 5.32. The molecule has 4 heterocycles. The molecular weight excluding hydrogens is 374 g/mol. The topological polar surface area (TPSA) is 63.0 Å². The Bertz CT molecular complexity index is 1150. The molecule has 1 aliphatic heterocycles. The number of anilines is 1. The average Bonchev–Trinajstić information content (AvgIpc) is 3.10. The number of fused-ring (bicyclic) bond motifs is 2. The fourth-order valence-electron chi connectivity index (χ4n) is 3.81. The minimum atomic E-state index is 0.592. The molecule has 142 valence electrons. The first kappa shape index (κ1) is 17.3. The van der Waals surface area contributed by atoms with Crippen LogP contribution in [-0.2, 0) is 13.6 Å². The normalized spacial score (nSPS) is 15.6. The number of hydrogen-bond acceptors (Lipinski definition) is 6. The van der Waals surface area contributed by atoms with Crippen LogP contribution in [-0.4, -0.2) is 55.8 Å². The summed E-state index contributed by atoms with van der Waals surface area (Å²) in [4.78, 5) is 18.1. The van der Waals surface area contributed by atoms with Gasteiger partial charge in [0.15, 0.2) is 5.65 Å². The summed E-state index contributed by atoms with van der Waals surface area (Å²) < 4.78 is 1.78. The van der Waals surface area contributed by atoms with Crippen LogP contribution in [0, 0.1) is 0 Å². The SMILES string of the molecule is Cn1ncc2c(N3CCN(Cc4cc5ccccc5nc4Cl)CC3)ncnc21. The Kier molecular flexibility index (Phi) is 4.33. The quantitative estimate of drug-likeness (QED) is 0.499. The Morgan fingerprint density at radius 2 is 1.89 bits per heavy atom. The van der Waals surface area contributed by atoms with Crippen LogP contribution in [0.1, 0.15) is 5.56 Å². The first-order chi connectivity index (χ1) is 13.7. The van der Waals surface area contributed by atoms with E-state index in [1.165, 1.54) is 0 Å². The molecule has 0 aliphatic carbocycles. The second kappa shape index (κ2) is 7.00. The van der Waals surface area contributed by atoms with Gasteiger partial charge in [0.25, 0.3) is 0 Å². The van der Waals surface area contributed by atoms with E-state index in [0.717, 1.165) is 66.0 Å². The molecular formula is C20H20ClN7. The fourth-order valence-corrected chi connectivity index (χ4v) is 4.01. The molecule has 0 N–H and O–H groups in total. The molecule has 3 aromatic heterocycles. The van der Waals surface area contributed by atoms with Gasteiger partial charge in [-0.2, -0.15) is 5.10 Å². The van der Waals surface area contributed by atoms with Gasteiger partial charge in [0, 0.05) is 50.7 Å². The zero-order chi connectivity index (χ0) is 19.1. The van der Waals surface area contributed by atoms with Crippen molar-refractivity contribution in [3.8, 4) is 0 Å². The zero-order valence-electron chi connectivity index (χ0n) is 15.6. The van der Waals surface area contributed by atoms with E-state index in [-0.39, 0.29) is 0 Å². The molecule has 0 saturated carbocycles. The molecule has 0 amide bonds. The van der Waals surface area contributed by atoms with Crippen LogP contribution in [0.25, 0.3) is 21.9 Å². The van der Waals surface area contributed by atoms with E-state index >= 15 is 0 Å². The number of para-hydroxylation sites is 1. The molecule has 1 aliphatic rings. The Morgan fingerprint density at radius 1 is 1.07 bits per heavy atom. The van der Waals surface area contributed by atoms with Gasteiger partial charge in [0.2, 0.25) is 0 Å². The molecule has 0 bridgehead atoms. The van der Waals surface area contributed by atoms with E-state index in [1.54, 1.807) is 11.0 Å². The maximum Gasteiger partial charge on any atom is 0.163 e. The number of aromatic nitrogens is 5. The highest BCUT2D eigenvalue weighted by molar-refractivity contribution is 6.30. The highest BCUT2D eigenvalue weighted by Crippen LogP contribution is 2.25. The van der Waals surface area contributed by atoms with Gasteiger partial charge in [0.1, 0.15) is 17.3 Å². The van der Waals surface area contributed by atoms with Crippen molar-refractivity contribution in [2.24, 2.45) is 7.05 Å². The second-order valence-corrected chi connectivity index (χ2v) is 7.45. The molecule has 1 saturated heterocycles. The van der Waals surface area contributed by atoms with Crippen LogP contribution in [0.2, 0.25) is 5.15 Å². The number of rotatable bonds is 3. The minimum Gasteiger partial charge on any atom is -0.353 e. The van der Waals surface area contributed by atoms with Crippen LogP contribution >= 0.6 is 11.6 Å². The van der Waals surface area contributed by atoms with E-state index in [1.807, 2.05) is 31.4 Å². The Hall–Kier alpha value is -2.77. The lowest BCUT2D eigenvalue weighted by atomic mass is 10.1. The van der Waals surface area contributed by atoms with Crippen molar-refractivity contribution in [2.75, 3.05) is 31.1 Å². The summed E-state index contributed by atoms with van der Waals surface area (Å²) in [6.07, 6.45) is 3.46. The maximum absolute atomic E-state index is 6.44. The van der Waals surface area contributed by atoms with Crippen molar-refractivity contribution in [1.82, 2.24) is 29.6 Å². The summed E-state index contributed by atoms with van der Waals surface area (Å²) in [5, 5.41) is 7.03. The van der Waals surface area contributed by atoms with Gasteiger partial charge >= 0.3 is 0 Å². The summed E-state index contributed by atoms with van der Waals surface area (Å²) in [5.74, 6) is 0.961. The molecule has 8 heteroatoms. The lowest BCUT2D eigenvalue weighted by Gasteiger charge is -2.35. The first-order valence-corrected chi connectivity index (χ1v) is 9.71. The van der Waals surface area contributed by atoms with E-state index in [2.05, 4.69) is 42.0 Å². The van der Waals surface area contributed by atoms with Gasteiger partial charge in [-0.15, -0.1) is 0 Å². The van der Waals surface area contributed by atoms with Gasteiger partial charge in [-0.25, -0.2) is 15.0 Å². The van der Waals surface area contributed by atoms with Crippen molar-refractivity contribution in [3.05, 3.63) is 53.6 Å². The number of aryl methyl sites for hydroxylation is 1. The van der Waals surface area contributed by atoms with E-state index in [4.69, 9.17) is 11.6 Å². The zero-order valence-corrected chi connectivity index (χ0v) is 16.3. The smallest absolute Gasteiger partial charge is 0.163 e. The Morgan fingerprint density at radius 3 is 2.75 bits per heavy atom. The number of piperazine rings is 1. The summed E-state index contributed by atoms with van der Waals surface area (Å²) >= 11 is 6.44. The van der Waals surface area contributed by atoms with Gasteiger partial charge in [-0.3, -0.25) is 9.58 Å². The number of nitrogens with zero attached hydrogens (tertiary/aromatic N) is 7. The lowest BCUT2D eigenvalue weighted by molar-refractivity contribution is 0.249. The number of hydrogen-bond donors (Lipinski definition) is 0. The van der Waals surface area contributed by atoms with Crippen LogP contribution in [0.5, 0.6) is 0 Å². The number of halogens is 1. The largest absolute Gasteiger partial charge is 0.353 e. The maximum atomic E-state index is 6.44. The summed E-state index contributed by atoms with van der Waals surface area (Å²) in [7, 11) is 1.90. The molecule has 0 radical (unpaired) electrons. The molecule has 28 heavy (non-hydrogen) atoms. The van der Waals surface area contributed by atoms with E-state index < -0.39 is 0 Å². The summed E-state index contributed by atoms with van der Waals surface area (Å²) in [5.41, 5.74) is 2.87. The van der Waals surface area contributed by atoms with Crippen LogP contribution in [0.4, 0.5) is 5.82 Å². The van der Waals surface area contributed by atoms with Crippen molar-refractivity contribution < 1.29 is 0 Å². The predicted octanol–water partition coefficient (Wildman–Crippen LogP) is 2.89. The molecule has 1 aromatic carbocycles. The summed E-state index contributed by atoms with van der Waals surface area (Å²) in [6.45, 7) is 4.49. The lowest BCUT2D eigenvalue weighted by Crippen LogP contribution is -2.46. The Balaban J connectivity index is 1.32. The molecule has 1 fully saturated rings. The van der Waals surface area contributed by atoms with Crippen molar-refractivity contribution in [1.29, 1.82) is 0 Å². The van der Waals surface area contributed by atoms with Crippen molar-refractivity contribution >= 4 is 39.4 Å². The van der Waals surface area contributed by atoms with E-state index in [9.17, 15) is 0 Å². The molecule has 0 spiro atoms. The molecule has 7 nitrogen and oxygen atoms in total. The third kappa shape index (κ3) is 3.06. The highest BCUT2D eigenvalue weighted by Gasteiger charge is 2.21. The summed E-state index contributed by atoms with van der Waals surface area (Å²) in [6, 6.07) is 10.2. The van der Waals surface area contributed by atoms with Crippen LogP contribution in [0.15, 0.2) is 42.9 Å². The fraction of sp³-hybridized carbons (Fsp3) is 0.300. The van der Waals surface area contributed by atoms with Crippen LogP contribution in [0.3, 0.4) is 0 Å². The molecule has 5 rings (SSSR count). The van der Waals surface area contributed by atoms with Crippen molar-refractivity contribution in [2.45, 2.75) is 6.54 Å². The predicted molar refractivity (Wildman–Crippen MR) is 111 cm³/mol. The number of pyridine rings is 1. The van der Waals surface area contributed by atoms with Crippen LogP contribution < -0.4 is 4.90 Å². The van der Waals surface area contributed by atoms with Gasteiger partial charge in [0.05, 0.1) is 17.1 Å². The standard InChI is InChI=1S/C20H20ClN7/c1-26-19-16(11-24-26)20(23-13-22-19)28-8-6-27(7-9-28)12-15-10-14-4-2-3-5-17(14)25-18(15)21/h2-5,10-11,13H,6-9,12H2,1H3. The Labute approximate surface area is 167 Å². The first-order valence-electron chi connectivity index (χ1n) is 9.33. The van der Waals surface area contributed by atoms with Crippen molar-refractivity contribution in [3.63, 3.8) is 0 Å². The molecule has 0 unspecified atom stereocenters. The van der Waals surface area contributed by atoms with Gasteiger partial charge in [-0.1, -0.05) is 29.8 Å². The molecule has 0 atom stereocenters. The van der Waals surface area contributed by atoms with Gasteiger partial charge < -0.3 is 4.90 Å². The van der Waals surface area contributed by atoms with E-state index in [0.29, 0.717) is 5.15 Å².